The molecule has 0 N–H and O–H groups in total. The van der Waals surface area contributed by atoms with E-state index in [1.165, 1.54) is 0 Å². The predicted molar refractivity (Wildman–Crippen MR) is 96.4 cm³/mol. The van der Waals surface area contributed by atoms with E-state index in [0.717, 1.165) is 33.9 Å². The van der Waals surface area contributed by atoms with Crippen LogP contribution >= 0.6 is 11.8 Å². The zero-order chi connectivity index (χ0) is 16.9. The van der Waals surface area contributed by atoms with Gasteiger partial charge in [-0.3, -0.25) is 9.59 Å². The van der Waals surface area contributed by atoms with Crippen LogP contribution in [0.4, 0.5) is 0 Å². The van der Waals surface area contributed by atoms with Gasteiger partial charge in [0.15, 0.2) is 11.6 Å². The molecule has 3 rings (SSSR count). The summed E-state index contributed by atoms with van der Waals surface area (Å²) in [6.45, 7) is 2.74. The van der Waals surface area contributed by atoms with Gasteiger partial charge in [-0.25, -0.2) is 0 Å². The minimum absolute atomic E-state index is 0.00584. The van der Waals surface area contributed by atoms with Crippen molar-refractivity contribution in [2.75, 3.05) is 12.4 Å². The number of thioether (sulfide) groups is 1. The molecule has 2 aromatic rings. The molecule has 24 heavy (non-hydrogen) atoms. The van der Waals surface area contributed by atoms with E-state index in [1.54, 1.807) is 17.8 Å². The van der Waals surface area contributed by atoms with Gasteiger partial charge < -0.3 is 4.74 Å². The summed E-state index contributed by atoms with van der Waals surface area (Å²) in [5, 5.41) is 0. The monoisotopic (exact) mass is 340 g/mol. The highest BCUT2D eigenvalue weighted by molar-refractivity contribution is 7.99. The normalized spacial score (nSPS) is 13.0. The number of aryl methyl sites for hydroxylation is 1. The van der Waals surface area contributed by atoms with Crippen LogP contribution in [0.25, 0.3) is 0 Å². The minimum Gasteiger partial charge on any atom is -0.492 e. The van der Waals surface area contributed by atoms with Crippen LogP contribution in [-0.4, -0.2) is 23.9 Å². The molecule has 3 nitrogen and oxygen atoms in total. The lowest BCUT2D eigenvalue weighted by Crippen LogP contribution is -2.09. The smallest absolute Gasteiger partial charge is 0.163 e. The zero-order valence-electron chi connectivity index (χ0n) is 13.7. The molecule has 0 atom stereocenters. The van der Waals surface area contributed by atoms with Crippen LogP contribution in [0.2, 0.25) is 0 Å². The maximum atomic E-state index is 12.4. The van der Waals surface area contributed by atoms with Crippen molar-refractivity contribution in [3.8, 4) is 5.75 Å². The number of rotatable bonds is 6. The molecule has 0 saturated heterocycles. The minimum atomic E-state index is 0.00584. The Kier molecular flexibility index (Phi) is 5.36. The highest BCUT2D eigenvalue weighted by Gasteiger charge is 2.16. The second-order valence-electron chi connectivity index (χ2n) is 5.72. The maximum absolute atomic E-state index is 12.4. The molecule has 0 bridgehead atoms. The molecular weight excluding hydrogens is 320 g/mol. The first-order valence-corrected chi connectivity index (χ1v) is 9.21. The highest BCUT2D eigenvalue weighted by Crippen LogP contribution is 2.34. The number of carbonyl (C=O) groups excluding carboxylic acids is 2. The van der Waals surface area contributed by atoms with Crippen molar-refractivity contribution in [1.29, 1.82) is 0 Å². The Bertz CT molecular complexity index is 767. The van der Waals surface area contributed by atoms with E-state index < -0.39 is 0 Å². The molecule has 0 spiro atoms. The Morgan fingerprint density at radius 3 is 2.71 bits per heavy atom. The van der Waals surface area contributed by atoms with E-state index in [0.29, 0.717) is 12.2 Å². The number of carbonyl (C=O) groups is 2. The number of benzene rings is 2. The van der Waals surface area contributed by atoms with Gasteiger partial charge in [-0.15, -0.1) is 11.8 Å². The lowest BCUT2D eigenvalue weighted by atomic mass is 9.97. The summed E-state index contributed by atoms with van der Waals surface area (Å²) >= 11 is 1.70. The molecule has 0 saturated carbocycles. The van der Waals surface area contributed by atoms with Crippen molar-refractivity contribution in [3.05, 3.63) is 59.2 Å². The Balaban J connectivity index is 1.66. The Hall–Kier alpha value is -2.07. The van der Waals surface area contributed by atoms with E-state index >= 15 is 0 Å². The molecule has 0 radical (unpaired) electrons. The van der Waals surface area contributed by atoms with Crippen molar-refractivity contribution >= 4 is 23.3 Å². The molecule has 124 valence electrons. The van der Waals surface area contributed by atoms with Crippen LogP contribution < -0.4 is 4.74 Å². The largest absolute Gasteiger partial charge is 0.492 e. The first-order chi connectivity index (χ1) is 11.7. The van der Waals surface area contributed by atoms with Crippen LogP contribution in [0.5, 0.6) is 5.75 Å². The lowest BCUT2D eigenvalue weighted by Gasteiger charge is -2.17. The maximum Gasteiger partial charge on any atom is 0.163 e. The highest BCUT2D eigenvalue weighted by atomic mass is 32.2. The summed E-state index contributed by atoms with van der Waals surface area (Å²) in [6, 6.07) is 13.1. The van der Waals surface area contributed by atoms with E-state index in [2.05, 4.69) is 0 Å². The summed E-state index contributed by atoms with van der Waals surface area (Å²) in [4.78, 5) is 25.8. The van der Waals surface area contributed by atoms with Crippen molar-refractivity contribution in [2.45, 2.75) is 31.1 Å². The molecule has 2 aromatic carbocycles. The molecule has 0 aromatic heterocycles. The van der Waals surface area contributed by atoms with Gasteiger partial charge in [0.25, 0.3) is 0 Å². The number of ether oxygens (including phenoxy) is 1. The Labute approximate surface area is 146 Å². The third-order valence-corrected chi connectivity index (χ3v) is 5.14. The molecule has 4 heteroatoms. The standard InChI is InChI=1S/C20H20O3S/c1-2-14-5-3-4-6-16(14)18(22)9-8-17(21)15-7-10-19-20(13-15)24-12-11-23-19/h3-7,10,13H,2,8-9,11-12H2,1H3. The van der Waals surface area contributed by atoms with Gasteiger partial charge in [0.2, 0.25) is 0 Å². The van der Waals surface area contributed by atoms with Gasteiger partial charge in [0.05, 0.1) is 11.5 Å². The second-order valence-corrected chi connectivity index (χ2v) is 6.85. The van der Waals surface area contributed by atoms with E-state index in [-0.39, 0.29) is 24.4 Å². The Morgan fingerprint density at radius 1 is 1.08 bits per heavy atom. The van der Waals surface area contributed by atoms with Crippen LogP contribution in [0, 0.1) is 0 Å². The first kappa shape index (κ1) is 16.8. The number of hydrogen-bond donors (Lipinski definition) is 0. The average Bonchev–Trinajstić information content (AvgIpc) is 2.65. The first-order valence-electron chi connectivity index (χ1n) is 8.23. The van der Waals surface area contributed by atoms with Crippen LogP contribution in [0.1, 0.15) is 46.0 Å². The van der Waals surface area contributed by atoms with Crippen LogP contribution in [0.3, 0.4) is 0 Å². The van der Waals surface area contributed by atoms with Gasteiger partial charge >= 0.3 is 0 Å². The van der Waals surface area contributed by atoms with Gasteiger partial charge in [-0.2, -0.15) is 0 Å². The average molecular weight is 340 g/mol. The molecular formula is C20H20O3S. The summed E-state index contributed by atoms with van der Waals surface area (Å²) < 4.78 is 5.55. The Morgan fingerprint density at radius 2 is 1.88 bits per heavy atom. The molecule has 0 unspecified atom stereocenters. The van der Waals surface area contributed by atoms with E-state index in [4.69, 9.17) is 4.74 Å². The van der Waals surface area contributed by atoms with Crippen molar-refractivity contribution < 1.29 is 14.3 Å². The van der Waals surface area contributed by atoms with E-state index in [1.807, 2.05) is 43.3 Å². The van der Waals surface area contributed by atoms with Gasteiger partial charge in [0.1, 0.15) is 5.75 Å². The summed E-state index contributed by atoms with van der Waals surface area (Å²) in [6.07, 6.45) is 1.30. The fourth-order valence-electron chi connectivity index (χ4n) is 2.82. The fraction of sp³-hybridized carbons (Fsp3) is 0.300. The third kappa shape index (κ3) is 3.70. The number of ketones is 2. The number of hydrogen-bond acceptors (Lipinski definition) is 4. The quantitative estimate of drug-likeness (QED) is 0.722. The number of fused-ring (bicyclic) bond motifs is 1. The second kappa shape index (κ2) is 7.67. The lowest BCUT2D eigenvalue weighted by molar-refractivity contribution is 0.0917. The summed E-state index contributed by atoms with van der Waals surface area (Å²) in [5.41, 5.74) is 2.43. The zero-order valence-corrected chi connectivity index (χ0v) is 14.5. The van der Waals surface area contributed by atoms with Crippen LogP contribution in [-0.2, 0) is 6.42 Å². The fourth-order valence-corrected chi connectivity index (χ4v) is 3.69. The van der Waals surface area contributed by atoms with E-state index in [9.17, 15) is 9.59 Å². The van der Waals surface area contributed by atoms with Crippen LogP contribution in [0.15, 0.2) is 47.4 Å². The molecule has 1 aliphatic heterocycles. The topological polar surface area (TPSA) is 43.4 Å². The molecule has 0 fully saturated rings. The summed E-state index contributed by atoms with van der Waals surface area (Å²) in [7, 11) is 0. The van der Waals surface area contributed by atoms with Crippen molar-refractivity contribution in [3.63, 3.8) is 0 Å². The molecule has 1 aliphatic rings. The molecule has 0 amide bonds. The molecule has 0 aliphatic carbocycles. The SMILES string of the molecule is CCc1ccccc1C(=O)CCC(=O)c1ccc2c(c1)SCCO2. The third-order valence-electron chi connectivity index (χ3n) is 4.14. The van der Waals surface area contributed by atoms with Crippen molar-refractivity contribution in [2.24, 2.45) is 0 Å². The van der Waals surface area contributed by atoms with Gasteiger partial charge in [-0.05, 0) is 30.2 Å². The predicted octanol–water partition coefficient (Wildman–Crippen LogP) is 4.58. The van der Waals surface area contributed by atoms with Gasteiger partial charge in [0, 0.05) is 29.7 Å². The summed E-state index contributed by atoms with van der Waals surface area (Å²) in [5.74, 6) is 1.79. The van der Waals surface area contributed by atoms with Crippen molar-refractivity contribution in [1.82, 2.24) is 0 Å². The van der Waals surface area contributed by atoms with Gasteiger partial charge in [-0.1, -0.05) is 31.2 Å². The number of Topliss-reactive ketones (excluding diaryl/α,β-unsaturated/α-hetero) is 2. The molecule has 1 heterocycles.